The summed E-state index contributed by atoms with van der Waals surface area (Å²) in [6, 6.07) is 8.47. The highest BCUT2D eigenvalue weighted by Crippen LogP contribution is 2.33. The number of hydrogen-bond acceptors (Lipinski definition) is 4. The maximum Gasteiger partial charge on any atom is 0.119 e. The Labute approximate surface area is 124 Å². The van der Waals surface area contributed by atoms with Crippen molar-refractivity contribution in [2.75, 3.05) is 25.5 Å². The number of rotatable bonds is 6. The van der Waals surface area contributed by atoms with Crippen molar-refractivity contribution in [1.29, 1.82) is 0 Å². The van der Waals surface area contributed by atoms with Crippen LogP contribution >= 0.6 is 11.8 Å². The summed E-state index contributed by atoms with van der Waals surface area (Å²) in [6.07, 6.45) is 3.72. The van der Waals surface area contributed by atoms with E-state index in [2.05, 4.69) is 29.3 Å². The molecule has 1 atom stereocenters. The van der Waals surface area contributed by atoms with Gasteiger partial charge in [-0.1, -0.05) is 12.1 Å². The molecule has 4 heteroatoms. The van der Waals surface area contributed by atoms with E-state index in [1.807, 2.05) is 0 Å². The van der Waals surface area contributed by atoms with Crippen molar-refractivity contribution in [2.24, 2.45) is 10.9 Å². The molecular weight excluding hydrogens is 270 g/mol. The Hall–Kier alpha value is -1.00. The van der Waals surface area contributed by atoms with Crippen molar-refractivity contribution in [3.05, 3.63) is 29.8 Å². The van der Waals surface area contributed by atoms with Gasteiger partial charge in [0, 0.05) is 18.2 Å². The van der Waals surface area contributed by atoms with Gasteiger partial charge in [-0.3, -0.25) is 4.99 Å². The Morgan fingerprint density at radius 3 is 2.70 bits per heavy atom. The third-order valence-corrected chi connectivity index (χ3v) is 4.89. The summed E-state index contributed by atoms with van der Waals surface area (Å²) in [5, 5.41) is 10.1. The van der Waals surface area contributed by atoms with Crippen LogP contribution < -0.4 is 4.74 Å². The first kappa shape index (κ1) is 14.0. The molecule has 0 aromatic heterocycles. The fourth-order valence-corrected chi connectivity index (χ4v) is 3.38. The van der Waals surface area contributed by atoms with Crippen LogP contribution in [0, 0.1) is 5.92 Å². The Morgan fingerprint density at radius 2 is 2.00 bits per heavy atom. The number of ether oxygens (including phenoxy) is 1. The average molecular weight is 291 g/mol. The van der Waals surface area contributed by atoms with Crippen molar-refractivity contribution in [2.45, 2.75) is 25.2 Å². The number of aliphatic imine (C=N–C) groups is 1. The van der Waals surface area contributed by atoms with Crippen molar-refractivity contribution in [3.63, 3.8) is 0 Å². The molecule has 108 valence electrons. The van der Waals surface area contributed by atoms with Gasteiger partial charge in [0.2, 0.25) is 0 Å². The van der Waals surface area contributed by atoms with Crippen LogP contribution in [0.5, 0.6) is 5.75 Å². The molecule has 1 aromatic rings. The number of hydrogen-bond donors (Lipinski definition) is 1. The Balaban J connectivity index is 1.59. The molecule has 0 radical (unpaired) electrons. The van der Waals surface area contributed by atoms with Crippen molar-refractivity contribution in [1.82, 2.24) is 0 Å². The molecule has 1 saturated carbocycles. The minimum absolute atomic E-state index is 0.213. The molecule has 2 aliphatic rings. The van der Waals surface area contributed by atoms with Gasteiger partial charge in [0.15, 0.2) is 0 Å². The van der Waals surface area contributed by atoms with Crippen molar-refractivity contribution < 1.29 is 9.84 Å². The molecule has 20 heavy (non-hydrogen) atoms. The van der Waals surface area contributed by atoms with E-state index in [1.54, 1.807) is 11.8 Å². The molecule has 1 heterocycles. The normalized spacial score (nSPS) is 21.9. The highest BCUT2D eigenvalue weighted by Gasteiger charge is 2.24. The monoisotopic (exact) mass is 291 g/mol. The van der Waals surface area contributed by atoms with Gasteiger partial charge in [0.05, 0.1) is 18.3 Å². The Morgan fingerprint density at radius 1 is 1.20 bits per heavy atom. The maximum atomic E-state index is 8.94. The lowest BCUT2D eigenvalue weighted by Crippen LogP contribution is -2.06. The van der Waals surface area contributed by atoms with E-state index in [4.69, 9.17) is 9.84 Å². The number of aliphatic hydroxyl groups excluding tert-OH is 1. The Kier molecular flexibility index (Phi) is 4.63. The van der Waals surface area contributed by atoms with Crippen LogP contribution in [0.15, 0.2) is 29.3 Å². The second kappa shape index (κ2) is 6.64. The lowest BCUT2D eigenvalue weighted by molar-refractivity contribution is 0.299. The summed E-state index contributed by atoms with van der Waals surface area (Å²) in [5.74, 6) is 2.90. The lowest BCUT2D eigenvalue weighted by Gasteiger charge is -2.13. The highest BCUT2D eigenvalue weighted by molar-refractivity contribution is 8.14. The van der Waals surface area contributed by atoms with E-state index >= 15 is 0 Å². The molecule has 1 fully saturated rings. The first-order valence-electron chi connectivity index (χ1n) is 7.37. The minimum atomic E-state index is 0.213. The molecule has 0 bridgehead atoms. The summed E-state index contributed by atoms with van der Waals surface area (Å²) in [7, 11) is 0. The van der Waals surface area contributed by atoms with Crippen LogP contribution in [0.1, 0.15) is 30.7 Å². The third-order valence-electron chi connectivity index (χ3n) is 3.79. The van der Waals surface area contributed by atoms with Crippen LogP contribution in [0.4, 0.5) is 0 Å². The van der Waals surface area contributed by atoms with E-state index in [-0.39, 0.29) is 6.61 Å². The van der Waals surface area contributed by atoms with Gasteiger partial charge in [-0.05, 0) is 42.9 Å². The van der Waals surface area contributed by atoms with Gasteiger partial charge in [0.25, 0.3) is 0 Å². The van der Waals surface area contributed by atoms with Gasteiger partial charge < -0.3 is 9.84 Å². The zero-order valence-electron chi connectivity index (χ0n) is 11.6. The zero-order valence-corrected chi connectivity index (χ0v) is 12.4. The quantitative estimate of drug-likeness (QED) is 0.875. The van der Waals surface area contributed by atoms with E-state index in [9.17, 15) is 0 Å². The molecule has 1 unspecified atom stereocenters. The molecule has 0 amide bonds. The standard InChI is InChI=1S/C16H21NO2S/c18-9-10-20-16-15(7-8-17-16)13-3-5-14(6-4-13)19-11-12-1-2-12/h3-6,12,15,18H,1-2,7-11H2. The Bertz CT molecular complexity index is 468. The second-order valence-electron chi connectivity index (χ2n) is 5.46. The number of thioether (sulfide) groups is 1. The van der Waals surface area contributed by atoms with Crippen LogP contribution in [0.3, 0.4) is 0 Å². The predicted octanol–water partition coefficient (Wildman–Crippen LogP) is 3.09. The van der Waals surface area contributed by atoms with E-state index in [1.165, 1.54) is 23.4 Å². The van der Waals surface area contributed by atoms with Crippen molar-refractivity contribution >= 4 is 16.8 Å². The molecule has 0 spiro atoms. The SMILES string of the molecule is OCCSC1=NCCC1c1ccc(OCC2CC2)cc1. The topological polar surface area (TPSA) is 41.8 Å². The average Bonchev–Trinajstić information content (AvgIpc) is 3.20. The zero-order chi connectivity index (χ0) is 13.8. The molecule has 1 aromatic carbocycles. The molecule has 3 nitrogen and oxygen atoms in total. The fourth-order valence-electron chi connectivity index (χ4n) is 2.44. The van der Waals surface area contributed by atoms with E-state index in [0.29, 0.717) is 5.92 Å². The fraction of sp³-hybridized carbons (Fsp3) is 0.562. The summed E-state index contributed by atoms with van der Waals surface area (Å²) >= 11 is 1.68. The third kappa shape index (κ3) is 3.55. The smallest absolute Gasteiger partial charge is 0.119 e. The number of benzene rings is 1. The van der Waals surface area contributed by atoms with Gasteiger partial charge in [0.1, 0.15) is 5.75 Å². The number of nitrogens with zero attached hydrogens (tertiary/aromatic N) is 1. The van der Waals surface area contributed by atoms with E-state index < -0.39 is 0 Å². The summed E-state index contributed by atoms with van der Waals surface area (Å²) in [6.45, 7) is 1.98. The van der Waals surface area contributed by atoms with Crippen LogP contribution in [0.2, 0.25) is 0 Å². The van der Waals surface area contributed by atoms with Gasteiger partial charge >= 0.3 is 0 Å². The molecule has 3 rings (SSSR count). The van der Waals surface area contributed by atoms with Crippen molar-refractivity contribution in [3.8, 4) is 5.75 Å². The molecular formula is C16H21NO2S. The largest absolute Gasteiger partial charge is 0.493 e. The molecule has 1 aliphatic heterocycles. The summed E-state index contributed by atoms with van der Waals surface area (Å²) in [5.41, 5.74) is 1.31. The highest BCUT2D eigenvalue weighted by atomic mass is 32.2. The van der Waals surface area contributed by atoms with Gasteiger partial charge in [-0.15, -0.1) is 11.8 Å². The van der Waals surface area contributed by atoms with E-state index in [0.717, 1.165) is 37.0 Å². The van der Waals surface area contributed by atoms with Crippen LogP contribution in [-0.4, -0.2) is 35.7 Å². The maximum absolute atomic E-state index is 8.94. The first-order chi connectivity index (χ1) is 9.86. The predicted molar refractivity (Wildman–Crippen MR) is 83.9 cm³/mol. The second-order valence-corrected chi connectivity index (χ2v) is 6.57. The van der Waals surface area contributed by atoms with Crippen LogP contribution in [-0.2, 0) is 0 Å². The lowest BCUT2D eigenvalue weighted by atomic mass is 9.98. The molecule has 1 N–H and O–H groups in total. The molecule has 1 aliphatic carbocycles. The van der Waals surface area contributed by atoms with Gasteiger partial charge in [-0.2, -0.15) is 0 Å². The molecule has 0 saturated heterocycles. The summed E-state index contributed by atoms with van der Waals surface area (Å²) in [4.78, 5) is 4.56. The first-order valence-corrected chi connectivity index (χ1v) is 8.36. The van der Waals surface area contributed by atoms with Crippen LogP contribution in [0.25, 0.3) is 0 Å². The minimum Gasteiger partial charge on any atom is -0.493 e. The summed E-state index contributed by atoms with van der Waals surface area (Å²) < 4.78 is 5.77. The number of aliphatic hydroxyl groups is 1. The van der Waals surface area contributed by atoms with Gasteiger partial charge in [-0.25, -0.2) is 0 Å².